The zero-order chi connectivity index (χ0) is 22.0. The highest BCUT2D eigenvalue weighted by Gasteiger charge is 2.25. The van der Waals surface area contributed by atoms with Crippen LogP contribution in [0.25, 0.3) is 5.57 Å². The first-order valence-corrected chi connectivity index (χ1v) is 12.3. The Morgan fingerprint density at radius 3 is 2.20 bits per heavy atom. The largest absolute Gasteiger partial charge is 0.744 e. The summed E-state index contributed by atoms with van der Waals surface area (Å²) in [6.45, 7) is 8.60. The van der Waals surface area contributed by atoms with E-state index in [-0.39, 0.29) is 4.90 Å². The maximum atomic E-state index is 11.8. The Morgan fingerprint density at radius 1 is 0.933 bits per heavy atom. The fraction of sp³-hybridized carbons (Fsp3) is 0.440. The maximum Gasteiger partial charge on any atom is 0.124 e. The quantitative estimate of drug-likeness (QED) is 0.236. The predicted octanol–water partition coefficient (Wildman–Crippen LogP) is 5.61. The van der Waals surface area contributed by atoms with Crippen molar-refractivity contribution in [1.29, 1.82) is 0 Å². The van der Waals surface area contributed by atoms with Gasteiger partial charge in [-0.2, -0.15) is 0 Å². The first-order valence-electron chi connectivity index (χ1n) is 10.9. The van der Waals surface area contributed by atoms with Crippen LogP contribution < -0.4 is 0 Å². The SMILES string of the molecule is C=C(C[N+](C)(CCCCCCCC)Cc1ccccc1S(=O)(=O)[O-])c1ccccc1. The summed E-state index contributed by atoms with van der Waals surface area (Å²) in [7, 11) is -2.37. The summed E-state index contributed by atoms with van der Waals surface area (Å²) in [5, 5.41) is 0. The number of hydrogen-bond acceptors (Lipinski definition) is 3. The van der Waals surface area contributed by atoms with Gasteiger partial charge in [-0.1, -0.05) is 87.7 Å². The molecule has 0 saturated carbocycles. The highest BCUT2D eigenvalue weighted by Crippen LogP contribution is 2.25. The molecule has 0 fully saturated rings. The second kappa shape index (κ2) is 11.4. The predicted molar refractivity (Wildman–Crippen MR) is 123 cm³/mol. The highest BCUT2D eigenvalue weighted by atomic mass is 32.2. The lowest BCUT2D eigenvalue weighted by molar-refractivity contribution is -0.915. The van der Waals surface area contributed by atoms with Gasteiger partial charge in [-0.05, 0) is 24.5 Å². The summed E-state index contributed by atoms with van der Waals surface area (Å²) in [5.74, 6) is 0. The van der Waals surface area contributed by atoms with E-state index < -0.39 is 10.1 Å². The second-order valence-electron chi connectivity index (χ2n) is 8.46. The molecule has 4 nitrogen and oxygen atoms in total. The Labute approximate surface area is 182 Å². The Hall–Kier alpha value is -1.95. The van der Waals surface area contributed by atoms with Crippen LogP contribution in [0.4, 0.5) is 0 Å². The molecule has 0 aliphatic carbocycles. The van der Waals surface area contributed by atoms with Gasteiger partial charge in [-0.25, -0.2) is 8.42 Å². The highest BCUT2D eigenvalue weighted by molar-refractivity contribution is 7.85. The van der Waals surface area contributed by atoms with E-state index >= 15 is 0 Å². The molecule has 0 aromatic heterocycles. The van der Waals surface area contributed by atoms with E-state index in [0.29, 0.717) is 23.1 Å². The third-order valence-corrected chi connectivity index (χ3v) is 6.54. The minimum atomic E-state index is -4.50. The molecule has 5 heteroatoms. The van der Waals surface area contributed by atoms with Crippen LogP contribution in [-0.2, 0) is 16.7 Å². The van der Waals surface area contributed by atoms with E-state index in [0.717, 1.165) is 30.5 Å². The van der Waals surface area contributed by atoms with Crippen LogP contribution in [0.3, 0.4) is 0 Å². The summed E-state index contributed by atoms with van der Waals surface area (Å²) in [6.07, 6.45) is 7.20. The summed E-state index contributed by atoms with van der Waals surface area (Å²) in [5.41, 5.74) is 2.70. The van der Waals surface area contributed by atoms with Gasteiger partial charge < -0.3 is 9.04 Å². The van der Waals surface area contributed by atoms with Crippen LogP contribution in [-0.4, -0.2) is 37.6 Å². The van der Waals surface area contributed by atoms with E-state index in [1.165, 1.54) is 31.7 Å². The summed E-state index contributed by atoms with van der Waals surface area (Å²) in [6, 6.07) is 16.7. The number of quaternary nitrogens is 1. The molecule has 2 rings (SSSR count). The van der Waals surface area contributed by atoms with Gasteiger partial charge in [0.25, 0.3) is 0 Å². The molecule has 0 N–H and O–H groups in total. The number of unbranched alkanes of at least 4 members (excludes halogenated alkanes) is 5. The number of nitrogens with zero attached hydrogens (tertiary/aromatic N) is 1. The fourth-order valence-corrected chi connectivity index (χ4v) is 4.70. The molecule has 0 aliphatic heterocycles. The molecule has 1 unspecified atom stereocenters. The molecular formula is C25H35NO3S. The minimum Gasteiger partial charge on any atom is -0.744 e. The molecule has 2 aromatic rings. The van der Waals surface area contributed by atoms with Gasteiger partial charge in [0.2, 0.25) is 0 Å². The van der Waals surface area contributed by atoms with Crippen LogP contribution in [0.2, 0.25) is 0 Å². The van der Waals surface area contributed by atoms with Crippen LogP contribution >= 0.6 is 0 Å². The van der Waals surface area contributed by atoms with Gasteiger partial charge in [0.1, 0.15) is 23.2 Å². The molecule has 0 saturated heterocycles. The molecule has 0 spiro atoms. The zero-order valence-electron chi connectivity index (χ0n) is 18.3. The monoisotopic (exact) mass is 429 g/mol. The molecule has 30 heavy (non-hydrogen) atoms. The summed E-state index contributed by atoms with van der Waals surface area (Å²) >= 11 is 0. The van der Waals surface area contributed by atoms with Crippen molar-refractivity contribution in [2.45, 2.75) is 56.9 Å². The molecule has 0 bridgehead atoms. The standard InChI is InChI=1S/C25H35NO3S/c1-4-5-6-7-8-14-19-26(3,20-22(2)23-15-10-9-11-16-23)21-24-17-12-13-18-25(24)30(27,28)29/h9-13,15-18H,2,4-8,14,19-21H2,1,3H3. The third-order valence-electron chi connectivity index (χ3n) is 5.60. The van der Waals surface area contributed by atoms with Gasteiger partial charge in [0, 0.05) is 11.1 Å². The van der Waals surface area contributed by atoms with E-state index in [1.54, 1.807) is 18.2 Å². The molecule has 0 aliphatic rings. The molecule has 0 amide bonds. The molecule has 2 aromatic carbocycles. The van der Waals surface area contributed by atoms with Gasteiger partial charge in [-0.15, -0.1) is 0 Å². The normalized spacial score (nSPS) is 13.7. The smallest absolute Gasteiger partial charge is 0.124 e. The van der Waals surface area contributed by atoms with E-state index in [4.69, 9.17) is 0 Å². The number of benzene rings is 2. The van der Waals surface area contributed by atoms with Gasteiger partial charge in [0.15, 0.2) is 0 Å². The van der Waals surface area contributed by atoms with Crippen molar-refractivity contribution in [2.24, 2.45) is 0 Å². The molecule has 164 valence electrons. The Balaban J connectivity index is 2.19. The fourth-order valence-electron chi connectivity index (χ4n) is 4.00. The topological polar surface area (TPSA) is 57.2 Å². The van der Waals surface area contributed by atoms with Crippen molar-refractivity contribution in [3.8, 4) is 0 Å². The summed E-state index contributed by atoms with van der Waals surface area (Å²) < 4.78 is 35.9. The van der Waals surface area contributed by atoms with Gasteiger partial charge in [0.05, 0.1) is 18.5 Å². The van der Waals surface area contributed by atoms with Crippen LogP contribution in [0, 0.1) is 0 Å². The van der Waals surface area contributed by atoms with Crippen molar-refractivity contribution in [3.05, 3.63) is 72.3 Å². The Kier molecular flexibility index (Phi) is 9.28. The lowest BCUT2D eigenvalue weighted by atomic mass is 10.0. The number of rotatable bonds is 13. The van der Waals surface area contributed by atoms with Crippen molar-refractivity contribution in [2.75, 3.05) is 20.1 Å². The first-order chi connectivity index (χ1) is 14.2. The third kappa shape index (κ3) is 7.71. The minimum absolute atomic E-state index is 0.109. The van der Waals surface area contributed by atoms with Crippen LogP contribution in [0.5, 0.6) is 0 Å². The lowest BCUT2D eigenvalue weighted by Gasteiger charge is -2.36. The molecule has 1 atom stereocenters. The van der Waals surface area contributed by atoms with Crippen molar-refractivity contribution < 1.29 is 17.5 Å². The van der Waals surface area contributed by atoms with Crippen LogP contribution in [0.15, 0.2) is 66.1 Å². The summed E-state index contributed by atoms with van der Waals surface area (Å²) in [4.78, 5) is -0.109. The van der Waals surface area contributed by atoms with Gasteiger partial charge >= 0.3 is 0 Å². The van der Waals surface area contributed by atoms with Crippen molar-refractivity contribution in [3.63, 3.8) is 0 Å². The maximum absolute atomic E-state index is 11.8. The molecule has 0 radical (unpaired) electrons. The Bertz CT molecular complexity index is 909. The number of hydrogen-bond donors (Lipinski definition) is 0. The van der Waals surface area contributed by atoms with Crippen molar-refractivity contribution in [1.82, 2.24) is 0 Å². The van der Waals surface area contributed by atoms with E-state index in [2.05, 4.69) is 20.6 Å². The second-order valence-corrected chi connectivity index (χ2v) is 9.81. The first kappa shape index (κ1) is 24.3. The number of likely N-dealkylation sites (N-methyl/N-ethyl adjacent to an activating group) is 1. The van der Waals surface area contributed by atoms with E-state index in [1.807, 2.05) is 30.3 Å². The van der Waals surface area contributed by atoms with Gasteiger partial charge in [-0.3, -0.25) is 0 Å². The Morgan fingerprint density at radius 2 is 1.53 bits per heavy atom. The molecular weight excluding hydrogens is 394 g/mol. The van der Waals surface area contributed by atoms with Crippen molar-refractivity contribution >= 4 is 15.7 Å². The molecule has 0 heterocycles. The lowest BCUT2D eigenvalue weighted by Crippen LogP contribution is -2.45. The average Bonchev–Trinajstić information content (AvgIpc) is 2.71. The average molecular weight is 430 g/mol. The van der Waals surface area contributed by atoms with E-state index in [9.17, 15) is 13.0 Å². The van der Waals surface area contributed by atoms with Crippen LogP contribution in [0.1, 0.15) is 56.6 Å². The zero-order valence-corrected chi connectivity index (χ0v) is 19.2.